The van der Waals surface area contributed by atoms with Crippen molar-refractivity contribution >= 4 is 0 Å². The van der Waals surface area contributed by atoms with Crippen molar-refractivity contribution in [3.63, 3.8) is 0 Å². The molecular formula is C32H39N3O4. The molecule has 7 heteroatoms. The highest BCUT2D eigenvalue weighted by molar-refractivity contribution is 5.47. The number of benzene rings is 3. The SMILES string of the molecule is CC[C@H](C)N(Cc1c(C)nn(-c2ccccc2)c1Oc1ccccc1OC)C[C@H](O)COCc1ccccc1. The summed E-state index contributed by atoms with van der Waals surface area (Å²) in [7, 11) is 1.63. The fourth-order valence-corrected chi connectivity index (χ4v) is 4.45. The molecule has 0 bridgehead atoms. The van der Waals surface area contributed by atoms with Crippen molar-refractivity contribution < 1.29 is 19.3 Å². The van der Waals surface area contributed by atoms with Crippen molar-refractivity contribution in [3.05, 3.63) is 102 Å². The average Bonchev–Trinajstić information content (AvgIpc) is 3.27. The second-order valence-corrected chi connectivity index (χ2v) is 9.71. The van der Waals surface area contributed by atoms with Gasteiger partial charge in [-0.05, 0) is 50.1 Å². The third-order valence-electron chi connectivity index (χ3n) is 6.86. The molecule has 0 saturated carbocycles. The third kappa shape index (κ3) is 7.47. The van der Waals surface area contributed by atoms with Gasteiger partial charge in [0.1, 0.15) is 0 Å². The highest BCUT2D eigenvalue weighted by Crippen LogP contribution is 2.36. The lowest BCUT2D eigenvalue weighted by atomic mass is 10.1. The topological polar surface area (TPSA) is 69.0 Å². The van der Waals surface area contributed by atoms with Crippen LogP contribution in [0.5, 0.6) is 17.4 Å². The Kier molecular flexibility index (Phi) is 10.1. The second kappa shape index (κ2) is 13.9. The number of aliphatic hydroxyl groups excluding tert-OH is 1. The maximum absolute atomic E-state index is 10.9. The average molecular weight is 530 g/mol. The van der Waals surface area contributed by atoms with Crippen LogP contribution in [0.4, 0.5) is 0 Å². The van der Waals surface area contributed by atoms with Crippen LogP contribution < -0.4 is 9.47 Å². The molecule has 0 aliphatic carbocycles. The predicted molar refractivity (Wildman–Crippen MR) is 154 cm³/mol. The van der Waals surface area contributed by atoms with E-state index in [-0.39, 0.29) is 12.6 Å². The Morgan fingerprint density at radius 2 is 1.56 bits per heavy atom. The zero-order valence-corrected chi connectivity index (χ0v) is 23.3. The molecule has 4 rings (SSSR count). The normalized spacial score (nSPS) is 12.9. The zero-order chi connectivity index (χ0) is 27.6. The lowest BCUT2D eigenvalue weighted by molar-refractivity contribution is 0.00130. The van der Waals surface area contributed by atoms with Crippen LogP contribution in [0.25, 0.3) is 5.69 Å². The van der Waals surface area contributed by atoms with Crippen molar-refractivity contribution in [2.45, 2.75) is 52.5 Å². The molecule has 7 nitrogen and oxygen atoms in total. The largest absolute Gasteiger partial charge is 0.493 e. The van der Waals surface area contributed by atoms with Gasteiger partial charge in [0.05, 0.1) is 43.4 Å². The summed E-state index contributed by atoms with van der Waals surface area (Å²) < 4.78 is 19.8. The van der Waals surface area contributed by atoms with Crippen LogP contribution >= 0.6 is 0 Å². The smallest absolute Gasteiger partial charge is 0.227 e. The molecule has 206 valence electrons. The van der Waals surface area contributed by atoms with Gasteiger partial charge in [0.15, 0.2) is 11.5 Å². The number of aromatic nitrogens is 2. The number of para-hydroxylation sites is 3. The van der Waals surface area contributed by atoms with Crippen molar-refractivity contribution in [2.24, 2.45) is 0 Å². The van der Waals surface area contributed by atoms with Gasteiger partial charge < -0.3 is 19.3 Å². The van der Waals surface area contributed by atoms with Crippen molar-refractivity contribution in [3.8, 4) is 23.1 Å². The van der Waals surface area contributed by atoms with E-state index in [1.54, 1.807) is 7.11 Å². The molecule has 1 aromatic heterocycles. The zero-order valence-electron chi connectivity index (χ0n) is 23.3. The van der Waals surface area contributed by atoms with Crippen LogP contribution in [0.3, 0.4) is 0 Å². The fraction of sp³-hybridized carbons (Fsp3) is 0.344. The first-order valence-corrected chi connectivity index (χ1v) is 13.5. The van der Waals surface area contributed by atoms with Gasteiger partial charge in [-0.1, -0.05) is 67.6 Å². The number of ether oxygens (including phenoxy) is 3. The number of nitrogens with zero attached hydrogens (tertiary/aromatic N) is 3. The summed E-state index contributed by atoms with van der Waals surface area (Å²) in [5.41, 5.74) is 3.82. The van der Waals surface area contributed by atoms with Gasteiger partial charge >= 0.3 is 0 Å². The first-order valence-electron chi connectivity index (χ1n) is 13.5. The molecule has 0 fully saturated rings. The van der Waals surface area contributed by atoms with Crippen LogP contribution in [0, 0.1) is 6.92 Å². The molecular weight excluding hydrogens is 490 g/mol. The minimum Gasteiger partial charge on any atom is -0.493 e. The number of aryl methyl sites for hydroxylation is 1. The van der Waals surface area contributed by atoms with E-state index < -0.39 is 6.10 Å². The summed E-state index contributed by atoms with van der Waals surface area (Å²) in [6.45, 7) is 8.09. The van der Waals surface area contributed by atoms with E-state index in [1.165, 1.54) is 0 Å². The number of rotatable bonds is 14. The lowest BCUT2D eigenvalue weighted by Crippen LogP contribution is -2.40. The molecule has 0 aliphatic heterocycles. The molecule has 0 amide bonds. The molecule has 2 atom stereocenters. The summed E-state index contributed by atoms with van der Waals surface area (Å²) in [4.78, 5) is 2.27. The van der Waals surface area contributed by atoms with Crippen molar-refractivity contribution in [2.75, 3.05) is 20.3 Å². The van der Waals surface area contributed by atoms with E-state index in [4.69, 9.17) is 19.3 Å². The van der Waals surface area contributed by atoms with Gasteiger partial charge in [-0.15, -0.1) is 0 Å². The number of hydrogen-bond acceptors (Lipinski definition) is 6. The van der Waals surface area contributed by atoms with E-state index in [2.05, 4.69) is 18.7 Å². The summed E-state index contributed by atoms with van der Waals surface area (Å²) in [5, 5.41) is 15.8. The van der Waals surface area contributed by atoms with E-state index in [0.717, 1.165) is 28.9 Å². The Morgan fingerprint density at radius 1 is 0.923 bits per heavy atom. The van der Waals surface area contributed by atoms with Gasteiger partial charge in [-0.25, -0.2) is 4.68 Å². The molecule has 0 spiro atoms. The summed E-state index contributed by atoms with van der Waals surface area (Å²) >= 11 is 0. The van der Waals surface area contributed by atoms with Crippen LogP contribution in [0.15, 0.2) is 84.9 Å². The molecule has 0 saturated heterocycles. The second-order valence-electron chi connectivity index (χ2n) is 9.71. The molecule has 1 N–H and O–H groups in total. The Bertz CT molecular complexity index is 1290. The monoisotopic (exact) mass is 529 g/mol. The maximum Gasteiger partial charge on any atom is 0.227 e. The molecule has 4 aromatic rings. The first-order chi connectivity index (χ1) is 19.0. The summed E-state index contributed by atoms with van der Waals surface area (Å²) in [5.74, 6) is 1.89. The highest BCUT2D eigenvalue weighted by atomic mass is 16.5. The predicted octanol–water partition coefficient (Wildman–Crippen LogP) is 6.16. The van der Waals surface area contributed by atoms with E-state index >= 15 is 0 Å². The van der Waals surface area contributed by atoms with Crippen LogP contribution in [0.2, 0.25) is 0 Å². The van der Waals surface area contributed by atoms with Gasteiger partial charge in [0.2, 0.25) is 5.88 Å². The highest BCUT2D eigenvalue weighted by Gasteiger charge is 2.25. The molecule has 0 radical (unpaired) electrons. The van der Waals surface area contributed by atoms with E-state index in [0.29, 0.717) is 37.1 Å². The third-order valence-corrected chi connectivity index (χ3v) is 6.86. The van der Waals surface area contributed by atoms with E-state index in [1.807, 2.05) is 96.5 Å². The molecule has 0 unspecified atom stereocenters. The molecule has 1 heterocycles. The van der Waals surface area contributed by atoms with Crippen molar-refractivity contribution in [1.29, 1.82) is 0 Å². The minimum absolute atomic E-state index is 0.229. The van der Waals surface area contributed by atoms with Crippen LogP contribution in [-0.2, 0) is 17.9 Å². The van der Waals surface area contributed by atoms with Gasteiger partial charge in [-0.2, -0.15) is 5.10 Å². The Labute approximate surface area is 231 Å². The van der Waals surface area contributed by atoms with Crippen molar-refractivity contribution in [1.82, 2.24) is 14.7 Å². The first kappa shape index (κ1) is 28.4. The Morgan fingerprint density at radius 3 is 2.23 bits per heavy atom. The minimum atomic E-state index is -0.634. The lowest BCUT2D eigenvalue weighted by Gasteiger charge is -2.30. The molecule has 3 aromatic carbocycles. The van der Waals surface area contributed by atoms with Gasteiger partial charge in [-0.3, -0.25) is 4.90 Å². The standard InChI is InChI=1S/C32H39N3O4/c1-5-24(2)34(20-28(36)23-38-22-26-14-8-6-9-15-26)21-29-25(3)33-35(27-16-10-7-11-17-27)32(29)39-31-19-13-12-18-30(31)37-4/h6-19,24,28,36H,5,20-23H2,1-4H3/t24-,28-/m0/s1. The number of aliphatic hydroxyl groups is 1. The summed E-state index contributed by atoms with van der Waals surface area (Å²) in [6, 6.07) is 27.8. The van der Waals surface area contributed by atoms with Crippen LogP contribution in [-0.4, -0.2) is 52.2 Å². The number of methoxy groups -OCH3 is 1. The van der Waals surface area contributed by atoms with Gasteiger partial charge in [0.25, 0.3) is 0 Å². The number of hydrogen-bond donors (Lipinski definition) is 1. The quantitative estimate of drug-likeness (QED) is 0.211. The maximum atomic E-state index is 10.9. The molecule has 39 heavy (non-hydrogen) atoms. The van der Waals surface area contributed by atoms with Crippen LogP contribution in [0.1, 0.15) is 37.1 Å². The molecule has 0 aliphatic rings. The Hall–Kier alpha value is -3.65. The fourth-order valence-electron chi connectivity index (χ4n) is 4.45. The Balaban J connectivity index is 1.58. The van der Waals surface area contributed by atoms with Gasteiger partial charge in [0, 0.05) is 19.1 Å². The van der Waals surface area contributed by atoms with E-state index in [9.17, 15) is 5.11 Å². The summed E-state index contributed by atoms with van der Waals surface area (Å²) in [6.07, 6.45) is 0.303.